The van der Waals surface area contributed by atoms with Crippen LogP contribution in [0.2, 0.25) is 0 Å². The van der Waals surface area contributed by atoms with Gasteiger partial charge in [0.1, 0.15) is 4.90 Å². The summed E-state index contributed by atoms with van der Waals surface area (Å²) in [4.78, 5) is 10.1. The molecule has 0 saturated heterocycles. The Labute approximate surface area is 123 Å². The molecule has 0 bridgehead atoms. The number of hydrogen-bond donors (Lipinski definition) is 1. The van der Waals surface area contributed by atoms with Gasteiger partial charge in [0.05, 0.1) is 10.6 Å². The highest BCUT2D eigenvalue weighted by molar-refractivity contribution is 7.89. The molecule has 21 heavy (non-hydrogen) atoms. The van der Waals surface area contributed by atoms with Crippen LogP contribution < -0.4 is 5.73 Å². The Morgan fingerprint density at radius 2 is 2.10 bits per heavy atom. The molecule has 0 unspecified atom stereocenters. The summed E-state index contributed by atoms with van der Waals surface area (Å²) in [5, 5.41) is 10.7. The van der Waals surface area contributed by atoms with E-state index in [0.29, 0.717) is 6.54 Å². The van der Waals surface area contributed by atoms with Crippen molar-refractivity contribution in [2.45, 2.75) is 43.5 Å². The largest absolute Gasteiger partial charge is 0.397 e. The summed E-state index contributed by atoms with van der Waals surface area (Å²) in [6.45, 7) is 2.46. The van der Waals surface area contributed by atoms with Gasteiger partial charge >= 0.3 is 0 Å². The summed E-state index contributed by atoms with van der Waals surface area (Å²) < 4.78 is 26.9. The minimum atomic E-state index is -3.70. The number of nitrogens with zero attached hydrogens (tertiary/aromatic N) is 2. The third-order valence-corrected chi connectivity index (χ3v) is 5.50. The topological polar surface area (TPSA) is 107 Å². The van der Waals surface area contributed by atoms with Gasteiger partial charge in [-0.25, -0.2) is 8.42 Å². The third-order valence-electron chi connectivity index (χ3n) is 3.48. The van der Waals surface area contributed by atoms with Gasteiger partial charge in [-0.2, -0.15) is 4.31 Å². The van der Waals surface area contributed by atoms with Crippen molar-refractivity contribution in [3.63, 3.8) is 0 Å². The fourth-order valence-electron chi connectivity index (χ4n) is 2.19. The van der Waals surface area contributed by atoms with E-state index >= 15 is 0 Å². The number of nitrogen functional groups attached to an aromatic ring is 1. The second-order valence-corrected chi connectivity index (χ2v) is 7.04. The first kappa shape index (κ1) is 15.7. The lowest BCUT2D eigenvalue weighted by molar-refractivity contribution is -0.384. The van der Waals surface area contributed by atoms with Crippen LogP contribution in [0.25, 0.3) is 0 Å². The number of unbranched alkanes of at least 4 members (excludes halogenated alkanes) is 1. The van der Waals surface area contributed by atoms with Crippen molar-refractivity contribution in [3.8, 4) is 0 Å². The second-order valence-electron chi connectivity index (χ2n) is 5.18. The quantitative estimate of drug-likeness (QED) is 0.471. The molecule has 1 aliphatic carbocycles. The van der Waals surface area contributed by atoms with Crippen LogP contribution in [0, 0.1) is 10.1 Å². The Kier molecular flexibility index (Phi) is 4.48. The Morgan fingerprint density at radius 1 is 1.43 bits per heavy atom. The average molecular weight is 313 g/mol. The molecule has 2 rings (SSSR count). The summed E-state index contributed by atoms with van der Waals surface area (Å²) in [5.41, 5.74) is 5.43. The molecule has 0 spiro atoms. The summed E-state index contributed by atoms with van der Waals surface area (Å²) in [6, 6.07) is 3.53. The van der Waals surface area contributed by atoms with Crippen LogP contribution in [-0.2, 0) is 10.0 Å². The fourth-order valence-corrected chi connectivity index (χ4v) is 4.01. The van der Waals surface area contributed by atoms with E-state index in [0.717, 1.165) is 31.7 Å². The van der Waals surface area contributed by atoms with E-state index in [4.69, 9.17) is 5.73 Å². The maximum absolute atomic E-state index is 12.7. The van der Waals surface area contributed by atoms with Gasteiger partial charge in [0.2, 0.25) is 10.0 Å². The number of non-ortho nitro benzene ring substituents is 1. The Hall–Kier alpha value is -1.67. The van der Waals surface area contributed by atoms with Crippen molar-refractivity contribution in [1.29, 1.82) is 0 Å². The van der Waals surface area contributed by atoms with Crippen LogP contribution >= 0.6 is 0 Å². The van der Waals surface area contributed by atoms with Gasteiger partial charge in [0.25, 0.3) is 5.69 Å². The van der Waals surface area contributed by atoms with E-state index in [1.54, 1.807) is 0 Å². The molecule has 0 radical (unpaired) electrons. The van der Waals surface area contributed by atoms with E-state index in [9.17, 15) is 18.5 Å². The number of sulfonamides is 1. The van der Waals surface area contributed by atoms with Crippen molar-refractivity contribution in [1.82, 2.24) is 4.31 Å². The summed E-state index contributed by atoms with van der Waals surface area (Å²) in [7, 11) is -3.70. The normalized spacial score (nSPS) is 15.3. The molecule has 1 saturated carbocycles. The van der Waals surface area contributed by atoms with Gasteiger partial charge < -0.3 is 5.73 Å². The molecule has 1 fully saturated rings. The number of nitro groups is 1. The van der Waals surface area contributed by atoms with Crippen LogP contribution in [0.4, 0.5) is 11.4 Å². The molecule has 7 nitrogen and oxygen atoms in total. The Balaban J connectivity index is 2.35. The van der Waals surface area contributed by atoms with Crippen LogP contribution in [0.3, 0.4) is 0 Å². The molecular weight excluding hydrogens is 294 g/mol. The fraction of sp³-hybridized carbons (Fsp3) is 0.538. The molecule has 0 amide bonds. The predicted molar refractivity (Wildman–Crippen MR) is 79.3 cm³/mol. The van der Waals surface area contributed by atoms with E-state index in [1.807, 2.05) is 6.92 Å². The first-order valence-corrected chi connectivity index (χ1v) is 8.37. The second kappa shape index (κ2) is 5.98. The molecule has 0 aromatic heterocycles. The first-order valence-electron chi connectivity index (χ1n) is 6.93. The van der Waals surface area contributed by atoms with Crippen molar-refractivity contribution in [2.75, 3.05) is 12.3 Å². The van der Waals surface area contributed by atoms with E-state index in [-0.39, 0.29) is 22.3 Å². The minimum absolute atomic E-state index is 0.0381. The van der Waals surface area contributed by atoms with Crippen LogP contribution in [0.5, 0.6) is 0 Å². The van der Waals surface area contributed by atoms with E-state index in [2.05, 4.69) is 0 Å². The molecular formula is C13H19N3O4S. The lowest BCUT2D eigenvalue weighted by atomic mass is 10.3. The summed E-state index contributed by atoms with van der Waals surface area (Å²) >= 11 is 0. The number of anilines is 1. The van der Waals surface area contributed by atoms with E-state index in [1.165, 1.54) is 16.4 Å². The maximum atomic E-state index is 12.7. The molecule has 0 atom stereocenters. The highest BCUT2D eigenvalue weighted by Gasteiger charge is 2.38. The van der Waals surface area contributed by atoms with Gasteiger partial charge in [0, 0.05) is 24.7 Å². The molecule has 2 N–H and O–H groups in total. The number of benzene rings is 1. The van der Waals surface area contributed by atoms with Crippen LogP contribution in [-0.4, -0.2) is 30.2 Å². The summed E-state index contributed by atoms with van der Waals surface area (Å²) in [6.07, 6.45) is 3.39. The molecule has 1 aromatic rings. The Morgan fingerprint density at radius 3 is 2.57 bits per heavy atom. The predicted octanol–water partition coefficient (Wildman–Crippen LogP) is 2.13. The van der Waals surface area contributed by atoms with Crippen molar-refractivity contribution >= 4 is 21.4 Å². The van der Waals surface area contributed by atoms with Crippen molar-refractivity contribution in [2.24, 2.45) is 0 Å². The Bertz CT molecular complexity index is 641. The maximum Gasteiger partial charge on any atom is 0.271 e. The average Bonchev–Trinajstić information content (AvgIpc) is 3.23. The van der Waals surface area contributed by atoms with Gasteiger partial charge in [-0.3, -0.25) is 10.1 Å². The lowest BCUT2D eigenvalue weighted by Gasteiger charge is -2.22. The molecule has 8 heteroatoms. The third kappa shape index (κ3) is 3.33. The standard InChI is InChI=1S/C13H19N3O4S/c1-2-3-8-15(10-4-5-10)21(19,20)13-7-6-11(16(17)18)9-12(13)14/h6-7,9-10H,2-5,8,14H2,1H3. The number of hydrogen-bond acceptors (Lipinski definition) is 5. The first-order chi connectivity index (χ1) is 9.87. The monoisotopic (exact) mass is 313 g/mol. The zero-order chi connectivity index (χ0) is 15.6. The summed E-state index contributed by atoms with van der Waals surface area (Å²) in [5.74, 6) is 0. The molecule has 116 valence electrons. The van der Waals surface area contributed by atoms with Gasteiger partial charge in [-0.1, -0.05) is 13.3 Å². The molecule has 0 heterocycles. The SMILES string of the molecule is CCCCN(C1CC1)S(=O)(=O)c1ccc([N+](=O)[O-])cc1N. The van der Waals surface area contributed by atoms with Crippen molar-refractivity contribution < 1.29 is 13.3 Å². The highest BCUT2D eigenvalue weighted by Crippen LogP contribution is 2.34. The number of rotatable bonds is 7. The molecule has 0 aliphatic heterocycles. The van der Waals surface area contributed by atoms with Gasteiger partial charge in [-0.05, 0) is 25.3 Å². The molecule has 1 aliphatic rings. The van der Waals surface area contributed by atoms with Gasteiger partial charge in [-0.15, -0.1) is 0 Å². The highest BCUT2D eigenvalue weighted by atomic mass is 32.2. The zero-order valence-corrected chi connectivity index (χ0v) is 12.7. The van der Waals surface area contributed by atoms with Crippen LogP contribution in [0.15, 0.2) is 23.1 Å². The zero-order valence-electron chi connectivity index (χ0n) is 11.9. The minimum Gasteiger partial charge on any atom is -0.397 e. The smallest absolute Gasteiger partial charge is 0.271 e. The van der Waals surface area contributed by atoms with Crippen LogP contribution in [0.1, 0.15) is 32.6 Å². The number of nitrogens with two attached hydrogens (primary N) is 1. The van der Waals surface area contributed by atoms with Crippen molar-refractivity contribution in [3.05, 3.63) is 28.3 Å². The molecule has 1 aromatic carbocycles. The lowest BCUT2D eigenvalue weighted by Crippen LogP contribution is -2.34. The van der Waals surface area contributed by atoms with E-state index < -0.39 is 14.9 Å². The van der Waals surface area contributed by atoms with Gasteiger partial charge in [0.15, 0.2) is 0 Å². The number of nitro benzene ring substituents is 1.